The summed E-state index contributed by atoms with van der Waals surface area (Å²) < 4.78 is 5.13. The Kier molecular flexibility index (Phi) is 4.13. The Morgan fingerprint density at radius 3 is 2.28 bits per heavy atom. The Labute approximate surface area is 108 Å². The van der Waals surface area contributed by atoms with E-state index in [0.29, 0.717) is 6.54 Å². The summed E-state index contributed by atoms with van der Waals surface area (Å²) in [6.45, 7) is 2.74. The molecule has 0 unspecified atom stereocenters. The van der Waals surface area contributed by atoms with Crippen molar-refractivity contribution < 1.29 is 4.74 Å². The molecule has 2 aromatic carbocycles. The SMILES string of the molecule is COc1ccc(CN=C(C)c2ccccc2)cc1. The van der Waals surface area contributed by atoms with Crippen molar-refractivity contribution in [1.29, 1.82) is 0 Å². The standard InChI is InChI=1S/C16H17NO/c1-13(15-6-4-3-5-7-15)17-12-14-8-10-16(18-2)11-9-14/h3-11H,12H2,1-2H3. The Morgan fingerprint density at radius 2 is 1.67 bits per heavy atom. The molecule has 0 aliphatic carbocycles. The van der Waals surface area contributed by atoms with Crippen LogP contribution in [0.2, 0.25) is 0 Å². The maximum absolute atomic E-state index is 5.13. The molecule has 0 aliphatic rings. The van der Waals surface area contributed by atoms with E-state index in [-0.39, 0.29) is 0 Å². The van der Waals surface area contributed by atoms with Crippen LogP contribution < -0.4 is 4.74 Å². The van der Waals surface area contributed by atoms with Crippen molar-refractivity contribution in [3.63, 3.8) is 0 Å². The molecule has 2 nitrogen and oxygen atoms in total. The molecule has 0 spiro atoms. The van der Waals surface area contributed by atoms with Gasteiger partial charge in [0.25, 0.3) is 0 Å². The van der Waals surface area contributed by atoms with Crippen molar-refractivity contribution >= 4 is 5.71 Å². The second-order valence-electron chi connectivity index (χ2n) is 4.12. The summed E-state index contributed by atoms with van der Waals surface area (Å²) in [5.41, 5.74) is 3.42. The van der Waals surface area contributed by atoms with Crippen molar-refractivity contribution in [1.82, 2.24) is 0 Å². The van der Waals surface area contributed by atoms with Crippen LogP contribution >= 0.6 is 0 Å². The lowest BCUT2D eigenvalue weighted by Crippen LogP contribution is -1.95. The maximum atomic E-state index is 5.13. The van der Waals surface area contributed by atoms with Crippen LogP contribution in [-0.2, 0) is 6.54 Å². The van der Waals surface area contributed by atoms with E-state index in [1.165, 1.54) is 11.1 Å². The molecule has 2 aromatic rings. The van der Waals surface area contributed by atoms with Gasteiger partial charge < -0.3 is 4.74 Å². The fourth-order valence-corrected chi connectivity index (χ4v) is 1.71. The Morgan fingerprint density at radius 1 is 1.00 bits per heavy atom. The Hall–Kier alpha value is -2.09. The quantitative estimate of drug-likeness (QED) is 0.745. The molecule has 0 bridgehead atoms. The number of ether oxygens (including phenoxy) is 1. The molecule has 92 valence electrons. The summed E-state index contributed by atoms with van der Waals surface area (Å²) >= 11 is 0. The third-order valence-electron chi connectivity index (χ3n) is 2.85. The van der Waals surface area contributed by atoms with Crippen LogP contribution in [0.5, 0.6) is 5.75 Å². The molecule has 0 aliphatic heterocycles. The van der Waals surface area contributed by atoms with Gasteiger partial charge in [-0.3, -0.25) is 4.99 Å². The highest BCUT2D eigenvalue weighted by molar-refractivity contribution is 5.98. The van der Waals surface area contributed by atoms with Crippen molar-refractivity contribution in [2.75, 3.05) is 7.11 Å². The molecular weight excluding hydrogens is 222 g/mol. The Bertz CT molecular complexity index is 515. The van der Waals surface area contributed by atoms with Crippen molar-refractivity contribution in [2.45, 2.75) is 13.5 Å². The predicted molar refractivity (Wildman–Crippen MR) is 75.4 cm³/mol. The van der Waals surface area contributed by atoms with E-state index < -0.39 is 0 Å². The molecule has 2 rings (SSSR count). The fourth-order valence-electron chi connectivity index (χ4n) is 1.71. The van der Waals surface area contributed by atoms with Crippen LogP contribution in [0.4, 0.5) is 0 Å². The molecule has 0 atom stereocenters. The number of hydrogen-bond donors (Lipinski definition) is 0. The molecule has 2 heteroatoms. The predicted octanol–water partition coefficient (Wildman–Crippen LogP) is 3.70. The zero-order chi connectivity index (χ0) is 12.8. The van der Waals surface area contributed by atoms with Gasteiger partial charge in [-0.15, -0.1) is 0 Å². The molecule has 0 amide bonds. The number of benzene rings is 2. The van der Waals surface area contributed by atoms with Gasteiger partial charge in [0.2, 0.25) is 0 Å². The van der Waals surface area contributed by atoms with E-state index in [2.05, 4.69) is 17.1 Å². The van der Waals surface area contributed by atoms with Crippen LogP contribution in [0.25, 0.3) is 0 Å². The highest BCUT2D eigenvalue weighted by atomic mass is 16.5. The average Bonchev–Trinajstić information content (AvgIpc) is 2.46. The monoisotopic (exact) mass is 239 g/mol. The normalized spacial score (nSPS) is 11.3. The first kappa shape index (κ1) is 12.4. The molecule has 0 saturated carbocycles. The van der Waals surface area contributed by atoms with Gasteiger partial charge in [-0.2, -0.15) is 0 Å². The fraction of sp³-hybridized carbons (Fsp3) is 0.188. The topological polar surface area (TPSA) is 21.6 Å². The van der Waals surface area contributed by atoms with Gasteiger partial charge in [0.1, 0.15) is 5.75 Å². The minimum absolute atomic E-state index is 0.699. The van der Waals surface area contributed by atoms with Gasteiger partial charge in [0.15, 0.2) is 0 Å². The molecule has 0 heterocycles. The second-order valence-corrected chi connectivity index (χ2v) is 4.12. The minimum atomic E-state index is 0.699. The molecule has 18 heavy (non-hydrogen) atoms. The summed E-state index contributed by atoms with van der Waals surface area (Å²) in [5.74, 6) is 0.877. The van der Waals surface area contributed by atoms with Crippen LogP contribution in [0, 0.1) is 0 Å². The molecule has 0 N–H and O–H groups in total. The average molecular weight is 239 g/mol. The van der Waals surface area contributed by atoms with Crippen LogP contribution in [0.15, 0.2) is 59.6 Å². The van der Waals surface area contributed by atoms with Gasteiger partial charge in [-0.25, -0.2) is 0 Å². The first-order valence-electron chi connectivity index (χ1n) is 5.99. The minimum Gasteiger partial charge on any atom is -0.497 e. The highest BCUT2D eigenvalue weighted by Gasteiger charge is 1.96. The second kappa shape index (κ2) is 6.01. The zero-order valence-corrected chi connectivity index (χ0v) is 10.8. The number of methoxy groups -OCH3 is 1. The van der Waals surface area contributed by atoms with E-state index in [9.17, 15) is 0 Å². The van der Waals surface area contributed by atoms with E-state index in [4.69, 9.17) is 4.74 Å². The van der Waals surface area contributed by atoms with Gasteiger partial charge in [-0.05, 0) is 30.2 Å². The third kappa shape index (κ3) is 3.20. The third-order valence-corrected chi connectivity index (χ3v) is 2.85. The van der Waals surface area contributed by atoms with Crippen LogP contribution in [0.1, 0.15) is 18.1 Å². The van der Waals surface area contributed by atoms with Crippen LogP contribution in [-0.4, -0.2) is 12.8 Å². The van der Waals surface area contributed by atoms with Crippen LogP contribution in [0.3, 0.4) is 0 Å². The van der Waals surface area contributed by atoms with Gasteiger partial charge in [0, 0.05) is 5.71 Å². The maximum Gasteiger partial charge on any atom is 0.118 e. The first-order valence-corrected chi connectivity index (χ1v) is 5.99. The van der Waals surface area contributed by atoms with Crippen molar-refractivity contribution in [2.24, 2.45) is 4.99 Å². The van der Waals surface area contributed by atoms with E-state index in [0.717, 1.165) is 11.5 Å². The zero-order valence-electron chi connectivity index (χ0n) is 10.8. The summed E-state index contributed by atoms with van der Waals surface area (Å²) in [4.78, 5) is 4.60. The smallest absolute Gasteiger partial charge is 0.118 e. The first-order chi connectivity index (χ1) is 8.79. The Balaban J connectivity index is 2.05. The lowest BCUT2D eigenvalue weighted by Gasteiger charge is -2.03. The lowest BCUT2D eigenvalue weighted by atomic mass is 10.1. The van der Waals surface area contributed by atoms with E-state index in [1.807, 2.05) is 49.4 Å². The van der Waals surface area contributed by atoms with Gasteiger partial charge in [-0.1, -0.05) is 42.5 Å². The summed E-state index contributed by atoms with van der Waals surface area (Å²) in [6, 6.07) is 18.2. The van der Waals surface area contributed by atoms with Crippen molar-refractivity contribution in [3.8, 4) is 5.75 Å². The summed E-state index contributed by atoms with van der Waals surface area (Å²) in [5, 5.41) is 0. The molecule has 0 fully saturated rings. The number of hydrogen-bond acceptors (Lipinski definition) is 2. The lowest BCUT2D eigenvalue weighted by molar-refractivity contribution is 0.414. The number of rotatable bonds is 4. The molecule has 0 radical (unpaired) electrons. The van der Waals surface area contributed by atoms with Crippen molar-refractivity contribution in [3.05, 3.63) is 65.7 Å². The van der Waals surface area contributed by atoms with Gasteiger partial charge >= 0.3 is 0 Å². The number of aliphatic imine (C=N–C) groups is 1. The van der Waals surface area contributed by atoms with Gasteiger partial charge in [0.05, 0.1) is 13.7 Å². The van der Waals surface area contributed by atoms with E-state index >= 15 is 0 Å². The number of nitrogens with zero attached hydrogens (tertiary/aromatic N) is 1. The summed E-state index contributed by atoms with van der Waals surface area (Å²) in [6.07, 6.45) is 0. The summed E-state index contributed by atoms with van der Waals surface area (Å²) in [7, 11) is 1.67. The van der Waals surface area contributed by atoms with E-state index in [1.54, 1.807) is 7.11 Å². The molecule has 0 saturated heterocycles. The largest absolute Gasteiger partial charge is 0.497 e. The highest BCUT2D eigenvalue weighted by Crippen LogP contribution is 2.12. The molecular formula is C16H17NO. The molecule has 0 aromatic heterocycles.